The van der Waals surface area contributed by atoms with Gasteiger partial charge < -0.3 is 5.32 Å². The number of nitrogens with zero attached hydrogens (tertiary/aromatic N) is 2. The number of halogens is 1. The molecule has 0 saturated heterocycles. The molecule has 6 heteroatoms. The predicted molar refractivity (Wildman–Crippen MR) is 66.4 cm³/mol. The number of hydrogen-bond acceptors (Lipinski definition) is 4. The zero-order valence-electron chi connectivity index (χ0n) is 8.18. The first-order valence-electron chi connectivity index (χ1n) is 4.52. The molecule has 0 fully saturated rings. The van der Waals surface area contributed by atoms with Crippen molar-refractivity contribution in [3.63, 3.8) is 0 Å². The summed E-state index contributed by atoms with van der Waals surface area (Å²) in [6.45, 7) is 0. The van der Waals surface area contributed by atoms with Gasteiger partial charge in [-0.2, -0.15) is 11.3 Å². The van der Waals surface area contributed by atoms with Crippen molar-refractivity contribution in [1.82, 2.24) is 9.97 Å². The molecule has 2 aromatic rings. The van der Waals surface area contributed by atoms with Crippen LogP contribution in [0.2, 0.25) is 0 Å². The molecule has 2 rings (SSSR count). The van der Waals surface area contributed by atoms with Crippen molar-refractivity contribution < 1.29 is 4.79 Å². The predicted octanol–water partition coefficient (Wildman–Crippen LogP) is 2.48. The molecule has 0 spiro atoms. The van der Waals surface area contributed by atoms with Gasteiger partial charge in [0.2, 0.25) is 5.91 Å². The molecule has 0 atom stereocenters. The van der Waals surface area contributed by atoms with Crippen LogP contribution in [0.5, 0.6) is 0 Å². The first-order valence-corrected chi connectivity index (χ1v) is 6.26. The van der Waals surface area contributed by atoms with E-state index in [9.17, 15) is 4.79 Å². The zero-order chi connectivity index (χ0) is 11.4. The summed E-state index contributed by atoms with van der Waals surface area (Å²) in [6, 6.07) is 1.93. The second-order valence-electron chi connectivity index (χ2n) is 3.08. The molecule has 0 radical (unpaired) electrons. The second kappa shape index (κ2) is 5.18. The van der Waals surface area contributed by atoms with Gasteiger partial charge in [-0.15, -0.1) is 0 Å². The van der Waals surface area contributed by atoms with Crippen molar-refractivity contribution in [2.75, 3.05) is 5.32 Å². The van der Waals surface area contributed by atoms with Gasteiger partial charge in [0.1, 0.15) is 4.60 Å². The summed E-state index contributed by atoms with van der Waals surface area (Å²) >= 11 is 4.75. The van der Waals surface area contributed by atoms with Gasteiger partial charge in [-0.25, -0.2) is 9.97 Å². The van der Waals surface area contributed by atoms with Gasteiger partial charge in [0.15, 0.2) is 5.82 Å². The van der Waals surface area contributed by atoms with Crippen LogP contribution in [-0.4, -0.2) is 15.9 Å². The van der Waals surface area contributed by atoms with E-state index in [0.29, 0.717) is 16.8 Å². The lowest BCUT2D eigenvalue weighted by Gasteiger charge is -2.02. The van der Waals surface area contributed by atoms with Crippen LogP contribution in [0.1, 0.15) is 5.56 Å². The van der Waals surface area contributed by atoms with E-state index in [4.69, 9.17) is 0 Å². The number of carbonyl (C=O) groups excluding carboxylic acids is 1. The number of aromatic nitrogens is 2. The average molecular weight is 298 g/mol. The molecule has 0 aliphatic carbocycles. The topological polar surface area (TPSA) is 54.9 Å². The van der Waals surface area contributed by atoms with E-state index in [0.717, 1.165) is 5.56 Å². The van der Waals surface area contributed by atoms with Crippen LogP contribution in [0.25, 0.3) is 0 Å². The summed E-state index contributed by atoms with van der Waals surface area (Å²) in [5, 5.41) is 6.58. The van der Waals surface area contributed by atoms with E-state index in [2.05, 4.69) is 31.2 Å². The Hall–Kier alpha value is -1.27. The number of rotatable bonds is 3. The second-order valence-corrected chi connectivity index (χ2v) is 4.67. The molecule has 0 aliphatic rings. The largest absolute Gasteiger partial charge is 0.309 e. The summed E-state index contributed by atoms with van der Waals surface area (Å²) in [5.41, 5.74) is 1.01. The smallest absolute Gasteiger partial charge is 0.230 e. The Kier molecular flexibility index (Phi) is 3.63. The maximum atomic E-state index is 11.6. The first-order chi connectivity index (χ1) is 7.74. The fourth-order valence-electron chi connectivity index (χ4n) is 1.14. The number of nitrogens with one attached hydrogen (secondary N) is 1. The molecule has 0 saturated carbocycles. The number of carbonyl (C=O) groups is 1. The number of hydrogen-bond donors (Lipinski definition) is 1. The minimum Gasteiger partial charge on any atom is -0.309 e. The summed E-state index contributed by atoms with van der Waals surface area (Å²) < 4.78 is 0.642. The molecule has 0 aromatic carbocycles. The Morgan fingerprint density at radius 2 is 2.31 bits per heavy atom. The number of thiophene rings is 1. The van der Waals surface area contributed by atoms with Crippen molar-refractivity contribution in [3.8, 4) is 0 Å². The molecular weight excluding hydrogens is 290 g/mol. The zero-order valence-corrected chi connectivity index (χ0v) is 10.6. The third-order valence-corrected chi connectivity index (χ3v) is 2.97. The minimum atomic E-state index is -0.0879. The number of amides is 1. The van der Waals surface area contributed by atoms with Gasteiger partial charge in [-0.3, -0.25) is 4.79 Å². The molecule has 16 heavy (non-hydrogen) atoms. The molecular formula is C10H8BrN3OS. The molecule has 1 amide bonds. The average Bonchev–Trinajstić information content (AvgIpc) is 2.74. The van der Waals surface area contributed by atoms with Crippen molar-refractivity contribution in [1.29, 1.82) is 0 Å². The van der Waals surface area contributed by atoms with Gasteiger partial charge in [0.25, 0.3) is 0 Å². The third-order valence-electron chi connectivity index (χ3n) is 1.83. The molecule has 2 heterocycles. The SMILES string of the molecule is O=C(Cc1ccsc1)Nc1cnc(Br)cn1. The Labute approximate surface area is 105 Å². The lowest BCUT2D eigenvalue weighted by Crippen LogP contribution is -2.15. The summed E-state index contributed by atoms with van der Waals surface area (Å²) in [7, 11) is 0. The minimum absolute atomic E-state index is 0.0879. The van der Waals surface area contributed by atoms with E-state index in [1.807, 2.05) is 16.8 Å². The Balaban J connectivity index is 1.95. The normalized spacial score (nSPS) is 10.1. The Morgan fingerprint density at radius 1 is 1.44 bits per heavy atom. The van der Waals surface area contributed by atoms with Gasteiger partial charge in [0, 0.05) is 0 Å². The Bertz CT molecular complexity index is 469. The van der Waals surface area contributed by atoms with Crippen LogP contribution >= 0.6 is 27.3 Å². The highest BCUT2D eigenvalue weighted by Crippen LogP contribution is 2.09. The lowest BCUT2D eigenvalue weighted by atomic mass is 10.2. The molecule has 0 aliphatic heterocycles. The monoisotopic (exact) mass is 297 g/mol. The van der Waals surface area contributed by atoms with Crippen molar-refractivity contribution in [2.24, 2.45) is 0 Å². The molecule has 1 N–H and O–H groups in total. The van der Waals surface area contributed by atoms with Crippen molar-refractivity contribution in [2.45, 2.75) is 6.42 Å². The maximum Gasteiger partial charge on any atom is 0.230 e. The highest BCUT2D eigenvalue weighted by Gasteiger charge is 2.05. The van der Waals surface area contributed by atoms with Crippen LogP contribution in [0, 0.1) is 0 Å². The van der Waals surface area contributed by atoms with E-state index >= 15 is 0 Å². The summed E-state index contributed by atoms with van der Waals surface area (Å²) in [4.78, 5) is 19.6. The molecule has 0 unspecified atom stereocenters. The van der Waals surface area contributed by atoms with Gasteiger partial charge in [-0.05, 0) is 38.3 Å². The van der Waals surface area contributed by atoms with E-state index < -0.39 is 0 Å². The van der Waals surface area contributed by atoms with Crippen LogP contribution in [0.3, 0.4) is 0 Å². The Morgan fingerprint density at radius 3 is 2.94 bits per heavy atom. The summed E-state index contributed by atoms with van der Waals surface area (Å²) in [5.74, 6) is 0.374. The highest BCUT2D eigenvalue weighted by molar-refractivity contribution is 9.10. The van der Waals surface area contributed by atoms with Gasteiger partial charge >= 0.3 is 0 Å². The standard InChI is InChI=1S/C10H8BrN3OS/c11-8-4-13-9(5-12-8)14-10(15)3-7-1-2-16-6-7/h1-2,4-6H,3H2,(H,13,14,15). The molecule has 0 bridgehead atoms. The summed E-state index contributed by atoms with van der Waals surface area (Å²) in [6.07, 6.45) is 3.41. The van der Waals surface area contributed by atoms with Crippen LogP contribution < -0.4 is 5.32 Å². The maximum absolute atomic E-state index is 11.6. The van der Waals surface area contributed by atoms with E-state index in [1.54, 1.807) is 17.5 Å². The van der Waals surface area contributed by atoms with Crippen LogP contribution in [0.4, 0.5) is 5.82 Å². The van der Waals surface area contributed by atoms with E-state index in [-0.39, 0.29) is 5.91 Å². The fraction of sp³-hybridized carbons (Fsp3) is 0.100. The van der Waals surface area contributed by atoms with Gasteiger partial charge in [0.05, 0.1) is 18.8 Å². The first kappa shape index (κ1) is 11.2. The quantitative estimate of drug-likeness (QED) is 0.947. The van der Waals surface area contributed by atoms with E-state index in [1.165, 1.54) is 6.20 Å². The van der Waals surface area contributed by atoms with Crippen LogP contribution in [-0.2, 0) is 11.2 Å². The van der Waals surface area contributed by atoms with Crippen LogP contribution in [0.15, 0.2) is 33.8 Å². The van der Waals surface area contributed by atoms with Gasteiger partial charge in [-0.1, -0.05) is 0 Å². The fourth-order valence-corrected chi connectivity index (χ4v) is 2.02. The highest BCUT2D eigenvalue weighted by atomic mass is 79.9. The van der Waals surface area contributed by atoms with Crippen molar-refractivity contribution >= 4 is 39.0 Å². The number of anilines is 1. The lowest BCUT2D eigenvalue weighted by molar-refractivity contribution is -0.115. The molecule has 82 valence electrons. The molecule has 2 aromatic heterocycles. The van der Waals surface area contributed by atoms with Crippen molar-refractivity contribution in [3.05, 3.63) is 39.4 Å². The third kappa shape index (κ3) is 3.11. The molecule has 4 nitrogen and oxygen atoms in total.